The van der Waals surface area contributed by atoms with Gasteiger partial charge in [-0.2, -0.15) is 0 Å². The molecule has 0 radical (unpaired) electrons. The van der Waals surface area contributed by atoms with Gasteiger partial charge in [0.2, 0.25) is 0 Å². The predicted molar refractivity (Wildman–Crippen MR) is 96.7 cm³/mol. The van der Waals surface area contributed by atoms with Gasteiger partial charge in [-0.15, -0.1) is 0 Å². The zero-order valence-electron chi connectivity index (χ0n) is 14.2. The summed E-state index contributed by atoms with van der Waals surface area (Å²) in [5, 5.41) is 3.39. The van der Waals surface area contributed by atoms with E-state index in [9.17, 15) is 4.39 Å². The number of nitrogens with one attached hydrogen (secondary N) is 1. The van der Waals surface area contributed by atoms with Crippen molar-refractivity contribution in [1.29, 1.82) is 0 Å². The molecule has 2 aromatic carbocycles. The van der Waals surface area contributed by atoms with Gasteiger partial charge in [-0.3, -0.25) is 4.98 Å². The first-order valence-corrected chi connectivity index (χ1v) is 8.29. The molecule has 0 atom stereocenters. The average Bonchev–Trinajstić information content (AvgIpc) is 2.65. The van der Waals surface area contributed by atoms with E-state index < -0.39 is 0 Å². The van der Waals surface area contributed by atoms with Crippen molar-refractivity contribution in [1.82, 2.24) is 10.3 Å². The summed E-state index contributed by atoms with van der Waals surface area (Å²) < 4.78 is 19.2. The lowest BCUT2D eigenvalue weighted by Crippen LogP contribution is -2.14. The van der Waals surface area contributed by atoms with Gasteiger partial charge >= 0.3 is 0 Å². The standard InChI is InChI=1S/C21H21FN2O/c1-16-12-17(9-10-20(16)22)13-23-14-18-6-2-3-8-21(18)25-15-19-7-4-5-11-24-19/h2-12,23H,13-15H2,1H3. The second-order valence-electron chi connectivity index (χ2n) is 5.90. The van der Waals surface area contributed by atoms with Crippen molar-refractivity contribution >= 4 is 0 Å². The first-order chi connectivity index (χ1) is 12.2. The van der Waals surface area contributed by atoms with Crippen LogP contribution in [-0.4, -0.2) is 4.98 Å². The van der Waals surface area contributed by atoms with Crippen LogP contribution in [0.25, 0.3) is 0 Å². The molecule has 0 fully saturated rings. The highest BCUT2D eigenvalue weighted by Gasteiger charge is 2.04. The summed E-state index contributed by atoms with van der Waals surface area (Å²) in [5.74, 6) is 0.674. The molecule has 3 nitrogen and oxygen atoms in total. The molecule has 0 saturated heterocycles. The predicted octanol–water partition coefficient (Wildman–Crippen LogP) is 4.40. The van der Waals surface area contributed by atoms with Gasteiger partial charge in [-0.25, -0.2) is 4.39 Å². The number of para-hydroxylation sites is 1. The summed E-state index contributed by atoms with van der Waals surface area (Å²) in [6, 6.07) is 18.9. The molecule has 4 heteroatoms. The van der Waals surface area contributed by atoms with Gasteiger partial charge in [0.05, 0.1) is 5.69 Å². The van der Waals surface area contributed by atoms with E-state index in [4.69, 9.17) is 4.74 Å². The lowest BCUT2D eigenvalue weighted by atomic mass is 10.1. The SMILES string of the molecule is Cc1cc(CNCc2ccccc2OCc2ccccn2)ccc1F. The summed E-state index contributed by atoms with van der Waals surface area (Å²) >= 11 is 0. The van der Waals surface area contributed by atoms with Gasteiger partial charge in [0, 0.05) is 24.8 Å². The molecule has 0 unspecified atom stereocenters. The van der Waals surface area contributed by atoms with Gasteiger partial charge in [0.25, 0.3) is 0 Å². The Labute approximate surface area is 147 Å². The van der Waals surface area contributed by atoms with Crippen LogP contribution in [0.5, 0.6) is 5.75 Å². The van der Waals surface area contributed by atoms with Gasteiger partial charge in [-0.1, -0.05) is 36.4 Å². The lowest BCUT2D eigenvalue weighted by Gasteiger charge is -2.12. The number of nitrogens with zero attached hydrogens (tertiary/aromatic N) is 1. The lowest BCUT2D eigenvalue weighted by molar-refractivity contribution is 0.297. The van der Waals surface area contributed by atoms with E-state index in [1.165, 1.54) is 6.07 Å². The minimum absolute atomic E-state index is 0.169. The molecule has 1 aromatic heterocycles. The highest BCUT2D eigenvalue weighted by Crippen LogP contribution is 2.19. The molecule has 0 saturated carbocycles. The molecule has 0 aliphatic rings. The van der Waals surface area contributed by atoms with Crippen LogP contribution in [0.3, 0.4) is 0 Å². The Morgan fingerprint density at radius 3 is 2.64 bits per heavy atom. The van der Waals surface area contributed by atoms with Gasteiger partial charge in [-0.05, 0) is 42.3 Å². The molecular formula is C21H21FN2O. The van der Waals surface area contributed by atoms with Crippen LogP contribution < -0.4 is 10.1 Å². The highest BCUT2D eigenvalue weighted by atomic mass is 19.1. The molecule has 1 heterocycles. The second kappa shape index (κ2) is 8.40. The van der Waals surface area contributed by atoms with Crippen molar-refractivity contribution in [2.75, 3.05) is 0 Å². The van der Waals surface area contributed by atoms with Crippen molar-refractivity contribution in [3.05, 3.63) is 95.1 Å². The van der Waals surface area contributed by atoms with Crippen molar-refractivity contribution < 1.29 is 9.13 Å². The number of aryl methyl sites for hydroxylation is 1. The van der Waals surface area contributed by atoms with Crippen LogP contribution in [0, 0.1) is 12.7 Å². The maximum absolute atomic E-state index is 13.3. The summed E-state index contributed by atoms with van der Waals surface area (Å²) in [6.07, 6.45) is 1.76. The average molecular weight is 336 g/mol. The third-order valence-electron chi connectivity index (χ3n) is 3.94. The molecule has 0 aliphatic heterocycles. The maximum Gasteiger partial charge on any atom is 0.130 e. The van der Waals surface area contributed by atoms with E-state index in [2.05, 4.69) is 10.3 Å². The van der Waals surface area contributed by atoms with Crippen LogP contribution in [0.4, 0.5) is 4.39 Å². The van der Waals surface area contributed by atoms with Crippen molar-refractivity contribution in [2.45, 2.75) is 26.6 Å². The molecule has 0 amide bonds. The number of hydrogen-bond acceptors (Lipinski definition) is 3. The van der Waals surface area contributed by atoms with E-state index in [0.717, 1.165) is 22.6 Å². The maximum atomic E-state index is 13.3. The molecule has 128 valence electrons. The Morgan fingerprint density at radius 1 is 1.00 bits per heavy atom. The minimum Gasteiger partial charge on any atom is -0.487 e. The monoisotopic (exact) mass is 336 g/mol. The number of pyridine rings is 1. The fourth-order valence-electron chi connectivity index (χ4n) is 2.58. The Balaban J connectivity index is 1.58. The topological polar surface area (TPSA) is 34.1 Å². The van der Waals surface area contributed by atoms with Gasteiger partial charge in [0.1, 0.15) is 18.2 Å². The number of benzene rings is 2. The summed E-state index contributed by atoms with van der Waals surface area (Å²) in [7, 11) is 0. The molecule has 0 bridgehead atoms. The Morgan fingerprint density at radius 2 is 1.84 bits per heavy atom. The molecule has 3 aromatic rings. The van der Waals surface area contributed by atoms with Crippen LogP contribution >= 0.6 is 0 Å². The third-order valence-corrected chi connectivity index (χ3v) is 3.94. The zero-order valence-corrected chi connectivity index (χ0v) is 14.2. The Hall–Kier alpha value is -2.72. The van der Waals surface area contributed by atoms with E-state index in [-0.39, 0.29) is 5.82 Å². The molecular weight excluding hydrogens is 315 g/mol. The number of hydrogen-bond donors (Lipinski definition) is 1. The van der Waals surface area contributed by atoms with E-state index in [0.29, 0.717) is 25.3 Å². The smallest absolute Gasteiger partial charge is 0.130 e. The fourth-order valence-corrected chi connectivity index (χ4v) is 2.58. The van der Waals surface area contributed by atoms with Crippen LogP contribution in [-0.2, 0) is 19.7 Å². The number of ether oxygens (including phenoxy) is 1. The zero-order chi connectivity index (χ0) is 17.5. The van der Waals surface area contributed by atoms with Crippen molar-refractivity contribution in [2.24, 2.45) is 0 Å². The van der Waals surface area contributed by atoms with Crippen LogP contribution in [0.15, 0.2) is 66.9 Å². The first-order valence-electron chi connectivity index (χ1n) is 8.29. The minimum atomic E-state index is -0.169. The molecule has 0 aliphatic carbocycles. The van der Waals surface area contributed by atoms with Crippen LogP contribution in [0.1, 0.15) is 22.4 Å². The number of aromatic nitrogens is 1. The van der Waals surface area contributed by atoms with Crippen molar-refractivity contribution in [3.8, 4) is 5.75 Å². The summed E-state index contributed by atoms with van der Waals surface area (Å²) in [6.45, 7) is 3.57. The number of halogens is 1. The van der Waals surface area contributed by atoms with Crippen molar-refractivity contribution in [3.63, 3.8) is 0 Å². The van der Waals surface area contributed by atoms with Crippen LogP contribution in [0.2, 0.25) is 0 Å². The molecule has 1 N–H and O–H groups in total. The molecule has 3 rings (SSSR count). The highest BCUT2D eigenvalue weighted by molar-refractivity contribution is 5.33. The van der Waals surface area contributed by atoms with E-state index >= 15 is 0 Å². The number of rotatable bonds is 7. The largest absolute Gasteiger partial charge is 0.487 e. The molecule has 25 heavy (non-hydrogen) atoms. The van der Waals surface area contributed by atoms with E-state index in [1.54, 1.807) is 19.2 Å². The Kier molecular flexibility index (Phi) is 5.75. The fraction of sp³-hybridized carbons (Fsp3) is 0.190. The quantitative estimate of drug-likeness (QED) is 0.694. The normalized spacial score (nSPS) is 10.6. The van der Waals surface area contributed by atoms with Gasteiger partial charge < -0.3 is 10.1 Å². The second-order valence-corrected chi connectivity index (χ2v) is 5.90. The van der Waals surface area contributed by atoms with E-state index in [1.807, 2.05) is 48.5 Å². The summed E-state index contributed by atoms with van der Waals surface area (Å²) in [5.41, 5.74) is 3.70. The summed E-state index contributed by atoms with van der Waals surface area (Å²) in [4.78, 5) is 4.27. The first kappa shape index (κ1) is 17.1. The Bertz CT molecular complexity index is 821. The van der Waals surface area contributed by atoms with Gasteiger partial charge in [0.15, 0.2) is 0 Å². The third kappa shape index (κ3) is 4.88. The molecule has 0 spiro atoms.